The van der Waals surface area contributed by atoms with Crippen molar-refractivity contribution in [2.75, 3.05) is 23.4 Å². The number of hydrogen-bond donors (Lipinski definition) is 1. The van der Waals surface area contributed by atoms with Crippen LogP contribution in [0.3, 0.4) is 0 Å². The number of ether oxygens (including phenoxy) is 1. The number of pyridine rings is 1. The molecule has 234 valence electrons. The first kappa shape index (κ1) is 33.2. The van der Waals surface area contributed by atoms with E-state index in [0.29, 0.717) is 40.7 Å². The second-order valence-electron chi connectivity index (χ2n) is 14.1. The van der Waals surface area contributed by atoms with Gasteiger partial charge < -0.3 is 19.0 Å². The molecule has 3 heterocycles. The zero-order chi connectivity index (χ0) is 32.8. The van der Waals surface area contributed by atoms with E-state index in [1.807, 2.05) is 26.8 Å². The van der Waals surface area contributed by atoms with E-state index < -0.39 is 25.4 Å². The maximum Gasteiger partial charge on any atom is 0.414 e. The fourth-order valence-electron chi connectivity index (χ4n) is 4.74. The Kier molecular flexibility index (Phi) is 8.79. The molecule has 1 aromatic carbocycles. The predicted molar refractivity (Wildman–Crippen MR) is 176 cm³/mol. The summed E-state index contributed by atoms with van der Waals surface area (Å²) in [6.07, 6.45) is 2.58. The zero-order valence-corrected chi connectivity index (χ0v) is 28.9. The van der Waals surface area contributed by atoms with Crippen molar-refractivity contribution in [2.24, 2.45) is 7.05 Å². The Morgan fingerprint density at radius 1 is 1.20 bits per heavy atom. The minimum atomic E-state index is -2.15. The van der Waals surface area contributed by atoms with E-state index in [0.717, 1.165) is 5.56 Å². The minimum Gasteiger partial charge on any atom is -0.443 e. The van der Waals surface area contributed by atoms with Gasteiger partial charge in [-0.25, -0.2) is 14.8 Å². The third kappa shape index (κ3) is 6.83. The predicted octanol–water partition coefficient (Wildman–Crippen LogP) is 7.15. The van der Waals surface area contributed by atoms with Gasteiger partial charge in [0, 0.05) is 43.6 Å². The molecule has 2 aromatic heterocycles. The molecular weight excluding hydrogens is 596 g/mol. The van der Waals surface area contributed by atoms with Crippen LogP contribution in [0.25, 0.3) is 11.3 Å². The molecule has 0 saturated heterocycles. The van der Waals surface area contributed by atoms with Crippen LogP contribution in [0.15, 0.2) is 41.5 Å². The van der Waals surface area contributed by atoms with E-state index in [1.165, 1.54) is 16.8 Å². The van der Waals surface area contributed by atoms with Crippen molar-refractivity contribution >= 4 is 43.3 Å². The summed E-state index contributed by atoms with van der Waals surface area (Å²) in [6.45, 7) is 19.1. The molecule has 4 rings (SSSR count). The fourth-order valence-corrected chi connectivity index (χ4v) is 6.11. The smallest absolute Gasteiger partial charge is 0.414 e. The molecule has 0 saturated carbocycles. The van der Waals surface area contributed by atoms with Crippen LogP contribution >= 0.6 is 11.6 Å². The molecule has 0 aliphatic carbocycles. The number of nitriles is 1. The van der Waals surface area contributed by atoms with Crippen LogP contribution in [0.4, 0.5) is 22.1 Å². The van der Waals surface area contributed by atoms with Crippen LogP contribution in [0.1, 0.15) is 59.6 Å². The first-order chi connectivity index (χ1) is 20.2. The van der Waals surface area contributed by atoms with Crippen molar-refractivity contribution in [3.63, 3.8) is 0 Å². The SMILES string of the molecule is Cn1cc(Cl)cc(Nc2nccc(-c3cc(C#N)c4c(c3)[C@@](C)(CO[Si](C)(C)C(C)(C)C)CN4C(=O)OC(C)(C)C)n2)c1=O. The van der Waals surface area contributed by atoms with Crippen molar-refractivity contribution in [1.82, 2.24) is 14.5 Å². The van der Waals surface area contributed by atoms with Gasteiger partial charge in [-0.05, 0) is 68.7 Å². The van der Waals surface area contributed by atoms with E-state index in [-0.39, 0.29) is 22.2 Å². The summed E-state index contributed by atoms with van der Waals surface area (Å²) in [5, 5.41) is 13.7. The molecule has 0 bridgehead atoms. The monoisotopic (exact) mass is 636 g/mol. The Bertz CT molecular complexity index is 1700. The summed E-state index contributed by atoms with van der Waals surface area (Å²) in [6, 6.07) is 9.21. The van der Waals surface area contributed by atoms with Gasteiger partial charge >= 0.3 is 6.09 Å². The molecule has 0 radical (unpaired) electrons. The molecule has 1 aliphatic rings. The van der Waals surface area contributed by atoms with Gasteiger partial charge in [0.15, 0.2) is 8.32 Å². The standard InChI is InChI=1S/C32H41ClN6O4Si/c1-30(2,3)43-29(41)39-18-32(7,19-42-44(9,10)31(4,5)6)23-14-20(13-21(16-34)26(23)39)24-11-12-35-28(36-24)37-25-15-22(33)17-38(8)27(25)40/h11-15,17H,18-19H2,1-10H3,(H,35,36,37)/t32-/m1/s1. The summed E-state index contributed by atoms with van der Waals surface area (Å²) in [5.74, 6) is 0.195. The molecule has 0 spiro atoms. The number of fused-ring (bicyclic) bond motifs is 1. The van der Waals surface area contributed by atoms with E-state index >= 15 is 0 Å². The normalized spacial score (nSPS) is 16.8. The molecule has 0 fully saturated rings. The van der Waals surface area contributed by atoms with Gasteiger partial charge in [-0.1, -0.05) is 39.3 Å². The van der Waals surface area contributed by atoms with Gasteiger partial charge in [0.1, 0.15) is 17.4 Å². The molecule has 1 N–H and O–H groups in total. The van der Waals surface area contributed by atoms with Crippen LogP contribution < -0.4 is 15.8 Å². The second kappa shape index (κ2) is 11.7. The summed E-state index contributed by atoms with van der Waals surface area (Å²) < 4.78 is 13.8. The third-order valence-electron chi connectivity index (χ3n) is 8.18. The highest BCUT2D eigenvalue weighted by molar-refractivity contribution is 6.74. The molecule has 1 atom stereocenters. The number of halogens is 1. The van der Waals surface area contributed by atoms with Crippen molar-refractivity contribution in [3.05, 3.63) is 63.2 Å². The fraction of sp³-hybridized carbons (Fsp3) is 0.469. The molecule has 1 amide bonds. The minimum absolute atomic E-state index is 0.0103. The number of carbonyl (C=O) groups is 1. The Morgan fingerprint density at radius 3 is 2.50 bits per heavy atom. The number of carbonyl (C=O) groups excluding carboxylic acids is 1. The zero-order valence-electron chi connectivity index (χ0n) is 27.1. The van der Waals surface area contributed by atoms with Crippen LogP contribution in [-0.4, -0.2) is 47.7 Å². The first-order valence-corrected chi connectivity index (χ1v) is 17.7. The number of anilines is 3. The summed E-state index contributed by atoms with van der Waals surface area (Å²) in [5.41, 5.74) is 1.42. The van der Waals surface area contributed by atoms with Crippen molar-refractivity contribution in [1.29, 1.82) is 5.26 Å². The maximum atomic E-state index is 13.5. The van der Waals surface area contributed by atoms with Crippen molar-refractivity contribution in [2.45, 2.75) is 77.6 Å². The summed E-state index contributed by atoms with van der Waals surface area (Å²) in [4.78, 5) is 36.6. The van der Waals surface area contributed by atoms with Crippen molar-refractivity contribution in [3.8, 4) is 17.3 Å². The van der Waals surface area contributed by atoms with Crippen molar-refractivity contribution < 1.29 is 14.0 Å². The Labute approximate surface area is 265 Å². The van der Waals surface area contributed by atoms with E-state index in [2.05, 4.69) is 62.1 Å². The van der Waals surface area contributed by atoms with Gasteiger partial charge in [0.05, 0.1) is 22.0 Å². The third-order valence-corrected chi connectivity index (χ3v) is 12.9. The Morgan fingerprint density at radius 2 is 1.89 bits per heavy atom. The van der Waals surface area contributed by atoms with Gasteiger partial charge in [0.25, 0.3) is 5.56 Å². The molecule has 0 unspecified atom stereocenters. The van der Waals surface area contributed by atoms with Crippen LogP contribution in [0.2, 0.25) is 23.2 Å². The lowest BCUT2D eigenvalue weighted by molar-refractivity contribution is 0.0575. The Hall–Kier alpha value is -3.72. The number of aromatic nitrogens is 3. The average Bonchev–Trinajstić information content (AvgIpc) is 3.21. The lowest BCUT2D eigenvalue weighted by Crippen LogP contribution is -2.46. The van der Waals surface area contributed by atoms with Gasteiger partial charge in [-0.3, -0.25) is 9.69 Å². The maximum absolute atomic E-state index is 13.5. The van der Waals surface area contributed by atoms with Crippen LogP contribution in [0.5, 0.6) is 0 Å². The highest BCUT2D eigenvalue weighted by Gasteiger charge is 2.47. The van der Waals surface area contributed by atoms with Gasteiger partial charge in [0.2, 0.25) is 5.95 Å². The highest BCUT2D eigenvalue weighted by Crippen LogP contribution is 2.47. The average molecular weight is 637 g/mol. The topological polar surface area (TPSA) is 122 Å². The summed E-state index contributed by atoms with van der Waals surface area (Å²) in [7, 11) is -0.542. The largest absolute Gasteiger partial charge is 0.443 e. The van der Waals surface area contributed by atoms with E-state index in [4.69, 9.17) is 20.8 Å². The molecule has 10 nitrogen and oxygen atoms in total. The summed E-state index contributed by atoms with van der Waals surface area (Å²) >= 11 is 6.16. The highest BCUT2D eigenvalue weighted by atomic mass is 35.5. The number of nitrogens with one attached hydrogen (secondary N) is 1. The van der Waals surface area contributed by atoms with Crippen LogP contribution in [-0.2, 0) is 21.6 Å². The molecule has 1 aliphatic heterocycles. The lowest BCUT2D eigenvalue weighted by Gasteiger charge is -2.39. The van der Waals surface area contributed by atoms with E-state index in [9.17, 15) is 14.9 Å². The van der Waals surface area contributed by atoms with Crippen LogP contribution in [0, 0.1) is 11.3 Å². The number of benzene rings is 1. The Balaban J connectivity index is 1.81. The molecular formula is C32H41ClN6O4Si. The number of rotatable bonds is 6. The molecule has 3 aromatic rings. The van der Waals surface area contributed by atoms with E-state index in [1.54, 1.807) is 30.3 Å². The quantitative estimate of drug-likeness (QED) is 0.283. The van der Waals surface area contributed by atoms with Gasteiger partial charge in [-0.2, -0.15) is 5.26 Å². The molecule has 12 heteroatoms. The first-order valence-electron chi connectivity index (χ1n) is 14.4. The number of nitrogens with zero attached hydrogens (tertiary/aromatic N) is 5. The number of hydrogen-bond acceptors (Lipinski definition) is 8. The lowest BCUT2D eigenvalue weighted by atomic mass is 9.83. The molecule has 44 heavy (non-hydrogen) atoms. The second-order valence-corrected chi connectivity index (χ2v) is 19.3. The van der Waals surface area contributed by atoms with Gasteiger partial charge in [-0.15, -0.1) is 0 Å². The number of aryl methyl sites for hydroxylation is 1. The number of amides is 1.